The van der Waals surface area contributed by atoms with E-state index >= 15 is 0 Å². The molecule has 0 aliphatic carbocycles. The van der Waals surface area contributed by atoms with Crippen LogP contribution in [-0.4, -0.2) is 60.0 Å². The van der Waals surface area contributed by atoms with Crippen molar-refractivity contribution in [1.29, 1.82) is 0 Å². The SMILES string of the molecule is CC(C)c1nn(CC(=O)NCC2COCCN2C)c(=O)c2ccc(S)cc12. The third-order valence-electron chi connectivity index (χ3n) is 4.87. The van der Waals surface area contributed by atoms with Crippen molar-refractivity contribution in [1.82, 2.24) is 20.0 Å². The van der Waals surface area contributed by atoms with Crippen molar-refractivity contribution in [2.24, 2.45) is 0 Å². The number of amides is 1. The zero-order chi connectivity index (χ0) is 19.6. The Bertz CT molecular complexity index is 896. The largest absolute Gasteiger partial charge is 0.378 e. The van der Waals surface area contributed by atoms with E-state index in [0.29, 0.717) is 25.1 Å². The molecule has 8 heteroatoms. The van der Waals surface area contributed by atoms with Gasteiger partial charge in [0.25, 0.3) is 5.56 Å². The van der Waals surface area contributed by atoms with Crippen molar-refractivity contribution in [2.75, 3.05) is 33.4 Å². The standard InChI is InChI=1S/C19H26N4O3S/c1-12(2)18-16-8-14(27)4-5-15(16)19(25)23(21-18)10-17(24)20-9-13-11-26-7-6-22(13)3/h4-5,8,12-13,27H,6-7,9-11H2,1-3H3,(H,20,24). The van der Waals surface area contributed by atoms with Crippen LogP contribution in [0.5, 0.6) is 0 Å². The second-order valence-corrected chi connectivity index (χ2v) is 7.76. The first-order valence-corrected chi connectivity index (χ1v) is 9.60. The van der Waals surface area contributed by atoms with E-state index in [1.807, 2.05) is 27.0 Å². The maximum absolute atomic E-state index is 12.8. The summed E-state index contributed by atoms with van der Waals surface area (Å²) < 4.78 is 6.71. The molecule has 2 aromatic rings. The Labute approximate surface area is 164 Å². The molecule has 0 saturated carbocycles. The molecule has 0 bridgehead atoms. The number of hydrogen-bond acceptors (Lipinski definition) is 6. The van der Waals surface area contributed by atoms with Gasteiger partial charge in [0.15, 0.2) is 0 Å². The van der Waals surface area contributed by atoms with Crippen LogP contribution in [0.3, 0.4) is 0 Å². The van der Waals surface area contributed by atoms with Gasteiger partial charge in [-0.25, -0.2) is 4.68 Å². The van der Waals surface area contributed by atoms with Gasteiger partial charge in [0.05, 0.1) is 30.3 Å². The highest BCUT2D eigenvalue weighted by molar-refractivity contribution is 7.80. The Hall–Kier alpha value is -1.90. The third kappa shape index (κ3) is 4.51. The lowest BCUT2D eigenvalue weighted by Gasteiger charge is -2.32. The summed E-state index contributed by atoms with van der Waals surface area (Å²) in [5, 5.41) is 8.70. The van der Waals surface area contributed by atoms with Gasteiger partial charge in [0.1, 0.15) is 6.54 Å². The molecule has 1 unspecified atom stereocenters. The zero-order valence-corrected chi connectivity index (χ0v) is 16.8. The highest BCUT2D eigenvalue weighted by atomic mass is 32.1. The number of carbonyl (C=O) groups excluding carboxylic acids is 1. The van der Waals surface area contributed by atoms with E-state index in [9.17, 15) is 9.59 Å². The first-order chi connectivity index (χ1) is 12.9. The minimum absolute atomic E-state index is 0.103. The maximum atomic E-state index is 12.8. The second-order valence-electron chi connectivity index (χ2n) is 7.25. The van der Waals surface area contributed by atoms with Crippen LogP contribution in [0.2, 0.25) is 0 Å². The van der Waals surface area contributed by atoms with Gasteiger partial charge >= 0.3 is 0 Å². The molecule has 146 valence electrons. The number of carbonyl (C=O) groups is 1. The lowest BCUT2D eigenvalue weighted by molar-refractivity contribution is -0.122. The number of thiol groups is 1. The quantitative estimate of drug-likeness (QED) is 0.752. The predicted molar refractivity (Wildman–Crippen MR) is 108 cm³/mol. The number of nitrogens with one attached hydrogen (secondary N) is 1. The van der Waals surface area contributed by atoms with Gasteiger partial charge in [-0.3, -0.25) is 14.5 Å². The van der Waals surface area contributed by atoms with Gasteiger partial charge < -0.3 is 10.1 Å². The fraction of sp³-hybridized carbons (Fsp3) is 0.526. The van der Waals surface area contributed by atoms with Crippen molar-refractivity contribution >= 4 is 29.3 Å². The van der Waals surface area contributed by atoms with Crippen LogP contribution in [0, 0.1) is 0 Å². The normalized spacial score (nSPS) is 18.2. The topological polar surface area (TPSA) is 76.5 Å². The molecule has 27 heavy (non-hydrogen) atoms. The molecule has 1 aromatic heterocycles. The molecule has 1 amide bonds. The fourth-order valence-corrected chi connectivity index (χ4v) is 3.41. The number of morpholine rings is 1. The van der Waals surface area contributed by atoms with Gasteiger partial charge in [-0.15, -0.1) is 12.6 Å². The number of fused-ring (bicyclic) bond motifs is 1. The van der Waals surface area contributed by atoms with Crippen molar-refractivity contribution in [3.63, 3.8) is 0 Å². The Morgan fingerprint density at radius 1 is 1.41 bits per heavy atom. The molecule has 2 heterocycles. The Morgan fingerprint density at radius 3 is 2.89 bits per heavy atom. The average molecular weight is 391 g/mol. The van der Waals surface area contributed by atoms with E-state index in [2.05, 4.69) is 27.9 Å². The summed E-state index contributed by atoms with van der Waals surface area (Å²) in [6, 6.07) is 5.52. The molecule has 1 aliphatic rings. The molecular weight excluding hydrogens is 364 g/mol. The lowest BCUT2D eigenvalue weighted by atomic mass is 10.0. The number of rotatable bonds is 5. The summed E-state index contributed by atoms with van der Waals surface area (Å²) in [6.45, 7) is 6.56. The third-order valence-corrected chi connectivity index (χ3v) is 5.15. The number of benzene rings is 1. The maximum Gasteiger partial charge on any atom is 0.275 e. The highest BCUT2D eigenvalue weighted by Crippen LogP contribution is 2.23. The lowest BCUT2D eigenvalue weighted by Crippen LogP contribution is -2.49. The number of hydrogen-bond donors (Lipinski definition) is 2. The number of nitrogens with zero attached hydrogens (tertiary/aromatic N) is 3. The Balaban J connectivity index is 1.80. The van der Waals surface area contributed by atoms with Gasteiger partial charge in [-0.2, -0.15) is 5.10 Å². The molecule has 7 nitrogen and oxygen atoms in total. The van der Waals surface area contributed by atoms with E-state index in [1.165, 1.54) is 4.68 Å². The minimum atomic E-state index is -0.268. The van der Waals surface area contributed by atoms with Crippen LogP contribution in [0.15, 0.2) is 27.9 Å². The molecule has 1 saturated heterocycles. The molecule has 1 fully saturated rings. The molecule has 1 N–H and O–H groups in total. The predicted octanol–water partition coefficient (Wildman–Crippen LogP) is 1.26. The first kappa shape index (κ1) is 19.9. The van der Waals surface area contributed by atoms with Gasteiger partial charge in [-0.05, 0) is 31.2 Å². The van der Waals surface area contributed by atoms with Crippen LogP contribution >= 0.6 is 12.6 Å². The van der Waals surface area contributed by atoms with Crippen LogP contribution in [0.1, 0.15) is 25.5 Å². The zero-order valence-electron chi connectivity index (χ0n) is 15.9. The number of likely N-dealkylation sites (N-methyl/N-ethyl adjacent to an activating group) is 1. The van der Waals surface area contributed by atoms with Crippen molar-refractivity contribution < 1.29 is 9.53 Å². The van der Waals surface area contributed by atoms with Crippen LogP contribution in [-0.2, 0) is 16.1 Å². The molecule has 1 aliphatic heterocycles. The summed E-state index contributed by atoms with van der Waals surface area (Å²) in [5.74, 6) is -0.117. The van der Waals surface area contributed by atoms with Gasteiger partial charge in [-0.1, -0.05) is 13.8 Å². The van der Waals surface area contributed by atoms with E-state index in [4.69, 9.17) is 4.74 Å². The van der Waals surface area contributed by atoms with E-state index in [0.717, 1.165) is 22.5 Å². The monoisotopic (exact) mass is 390 g/mol. The fourth-order valence-electron chi connectivity index (χ4n) is 3.21. The van der Waals surface area contributed by atoms with Crippen LogP contribution in [0.25, 0.3) is 10.8 Å². The van der Waals surface area contributed by atoms with E-state index in [1.54, 1.807) is 12.1 Å². The Kier molecular flexibility index (Phi) is 6.18. The van der Waals surface area contributed by atoms with E-state index < -0.39 is 0 Å². The van der Waals surface area contributed by atoms with Crippen molar-refractivity contribution in [3.05, 3.63) is 34.2 Å². The molecule has 0 spiro atoms. The van der Waals surface area contributed by atoms with Crippen molar-refractivity contribution in [2.45, 2.75) is 37.2 Å². The first-order valence-electron chi connectivity index (χ1n) is 9.15. The Morgan fingerprint density at radius 2 is 2.19 bits per heavy atom. The molecule has 0 radical (unpaired) electrons. The van der Waals surface area contributed by atoms with Gasteiger partial charge in [0.2, 0.25) is 5.91 Å². The van der Waals surface area contributed by atoms with Crippen LogP contribution in [0.4, 0.5) is 0 Å². The number of ether oxygens (including phenoxy) is 1. The molecular formula is C19H26N4O3S. The minimum Gasteiger partial charge on any atom is -0.378 e. The van der Waals surface area contributed by atoms with Crippen molar-refractivity contribution in [3.8, 4) is 0 Å². The summed E-state index contributed by atoms with van der Waals surface area (Å²) in [5.41, 5.74) is 0.518. The number of aromatic nitrogens is 2. The molecule has 1 aromatic carbocycles. The second kappa shape index (κ2) is 8.41. The highest BCUT2D eigenvalue weighted by Gasteiger charge is 2.20. The summed E-state index contributed by atoms with van der Waals surface area (Å²) >= 11 is 4.36. The van der Waals surface area contributed by atoms with Gasteiger partial charge in [0, 0.05) is 23.4 Å². The molecule has 3 rings (SSSR count). The molecule has 1 atom stereocenters. The van der Waals surface area contributed by atoms with Crippen LogP contribution < -0.4 is 10.9 Å². The van der Waals surface area contributed by atoms with E-state index in [-0.39, 0.29) is 30.0 Å². The smallest absolute Gasteiger partial charge is 0.275 e. The summed E-state index contributed by atoms with van der Waals surface area (Å²) in [7, 11) is 2.01. The average Bonchev–Trinajstić information content (AvgIpc) is 2.63. The summed E-state index contributed by atoms with van der Waals surface area (Å²) in [4.78, 5) is 28.1. The summed E-state index contributed by atoms with van der Waals surface area (Å²) in [6.07, 6.45) is 0.